The van der Waals surface area contributed by atoms with Gasteiger partial charge in [0, 0.05) is 17.8 Å². The average Bonchev–Trinajstić information content (AvgIpc) is 3.29. The van der Waals surface area contributed by atoms with Gasteiger partial charge in [-0.15, -0.1) is 0 Å². The third-order valence-electron chi connectivity index (χ3n) is 6.35. The summed E-state index contributed by atoms with van der Waals surface area (Å²) in [6.45, 7) is 0. The van der Waals surface area contributed by atoms with Gasteiger partial charge in [0.1, 0.15) is 22.5 Å². The maximum Gasteiger partial charge on any atom is 0.273 e. The number of amides is 3. The van der Waals surface area contributed by atoms with Crippen LogP contribution in [0, 0.1) is 5.82 Å². The molecule has 1 saturated carbocycles. The Hall–Kier alpha value is -3.99. The zero-order valence-electron chi connectivity index (χ0n) is 20.3. The van der Waals surface area contributed by atoms with Gasteiger partial charge < -0.3 is 21.5 Å². The van der Waals surface area contributed by atoms with E-state index in [0.717, 1.165) is 43.6 Å². The molecule has 37 heavy (non-hydrogen) atoms. The topological polar surface area (TPSA) is 141 Å². The molecule has 11 heteroatoms. The van der Waals surface area contributed by atoms with Crippen LogP contribution in [0.15, 0.2) is 48.5 Å². The van der Waals surface area contributed by atoms with E-state index in [2.05, 4.69) is 9.69 Å². The molecule has 4 rings (SSSR count). The molecule has 3 amide bonds. The lowest BCUT2D eigenvalue weighted by Crippen LogP contribution is -2.47. The summed E-state index contributed by atoms with van der Waals surface area (Å²) >= 11 is 0.718. The molecule has 1 heterocycles. The molecular weight excluding hydrogens is 497 g/mol. The number of nitrogens with two attached hydrogens (primary N) is 2. The molecule has 0 unspecified atom stereocenters. The van der Waals surface area contributed by atoms with Gasteiger partial charge in [0.2, 0.25) is 5.91 Å². The fourth-order valence-electron chi connectivity index (χ4n) is 4.47. The summed E-state index contributed by atoms with van der Waals surface area (Å²) < 4.78 is 23.1. The molecule has 0 radical (unpaired) electrons. The van der Waals surface area contributed by atoms with Crippen LogP contribution in [-0.4, -0.2) is 35.2 Å². The number of benzene rings is 2. The Bertz CT molecular complexity index is 1290. The summed E-state index contributed by atoms with van der Waals surface area (Å²) in [6, 6.07) is 10.8. The highest BCUT2D eigenvalue weighted by molar-refractivity contribution is 7.09. The van der Waals surface area contributed by atoms with Crippen LogP contribution in [0.25, 0.3) is 0 Å². The molecule has 1 fully saturated rings. The lowest BCUT2D eigenvalue weighted by molar-refractivity contribution is -0.123. The smallest absolute Gasteiger partial charge is 0.273 e. The highest BCUT2D eigenvalue weighted by Gasteiger charge is 2.37. The van der Waals surface area contributed by atoms with Gasteiger partial charge in [-0.25, -0.2) is 4.39 Å². The van der Waals surface area contributed by atoms with E-state index in [1.807, 2.05) is 0 Å². The summed E-state index contributed by atoms with van der Waals surface area (Å²) in [7, 11) is 1.48. The van der Waals surface area contributed by atoms with Crippen molar-refractivity contribution in [1.82, 2.24) is 9.69 Å². The summed E-state index contributed by atoms with van der Waals surface area (Å²) in [5, 5.41) is 3.08. The number of nitrogens with zero attached hydrogens (tertiary/aromatic N) is 2. The van der Waals surface area contributed by atoms with Crippen LogP contribution in [0.5, 0.6) is 5.75 Å². The van der Waals surface area contributed by atoms with Gasteiger partial charge in [-0.1, -0.05) is 37.5 Å². The number of anilines is 2. The molecule has 0 spiro atoms. The normalized spacial score (nSPS) is 14.5. The Morgan fingerprint density at radius 3 is 2.46 bits per heavy atom. The molecule has 1 atom stereocenters. The predicted octanol–water partition coefficient (Wildman–Crippen LogP) is 3.81. The van der Waals surface area contributed by atoms with Crippen molar-refractivity contribution in [2.24, 2.45) is 5.73 Å². The summed E-state index contributed by atoms with van der Waals surface area (Å²) in [5.41, 5.74) is 11.8. The van der Waals surface area contributed by atoms with Crippen molar-refractivity contribution in [2.75, 3.05) is 17.7 Å². The van der Waals surface area contributed by atoms with Gasteiger partial charge in [0.05, 0.1) is 12.8 Å². The van der Waals surface area contributed by atoms with Gasteiger partial charge in [-0.05, 0) is 54.2 Å². The Kier molecular flexibility index (Phi) is 8.02. The summed E-state index contributed by atoms with van der Waals surface area (Å²) in [4.78, 5) is 40.9. The third kappa shape index (κ3) is 5.72. The second kappa shape index (κ2) is 11.4. The SMILES string of the molecule is COc1cccc(N(C(=O)c2snc(C(N)=O)c2N)[C@@H](C(=O)NC2CCCCC2)c2ccc(F)cc2)c1. The first-order valence-electron chi connectivity index (χ1n) is 11.9. The van der Waals surface area contributed by atoms with Gasteiger partial charge >= 0.3 is 0 Å². The molecule has 1 aromatic heterocycles. The van der Waals surface area contributed by atoms with Gasteiger partial charge in [0.25, 0.3) is 11.8 Å². The number of primary amides is 1. The predicted molar refractivity (Wildman–Crippen MR) is 139 cm³/mol. The zero-order chi connectivity index (χ0) is 26.5. The van der Waals surface area contributed by atoms with E-state index in [1.54, 1.807) is 24.3 Å². The molecule has 0 bridgehead atoms. The fourth-order valence-corrected chi connectivity index (χ4v) is 5.21. The van der Waals surface area contributed by atoms with E-state index in [9.17, 15) is 18.8 Å². The number of rotatable bonds is 8. The number of hydrogen-bond acceptors (Lipinski definition) is 7. The first kappa shape index (κ1) is 26.1. The number of carbonyl (C=O) groups is 3. The first-order valence-corrected chi connectivity index (χ1v) is 12.7. The highest BCUT2D eigenvalue weighted by atomic mass is 32.1. The van der Waals surface area contributed by atoms with Crippen LogP contribution in [0.1, 0.15) is 63.9 Å². The second-order valence-corrected chi connectivity index (χ2v) is 9.59. The molecule has 5 N–H and O–H groups in total. The minimum atomic E-state index is -1.18. The largest absolute Gasteiger partial charge is 0.497 e. The average molecular weight is 526 g/mol. The van der Waals surface area contributed by atoms with Crippen molar-refractivity contribution in [1.29, 1.82) is 0 Å². The minimum absolute atomic E-state index is 0.0404. The second-order valence-electron chi connectivity index (χ2n) is 8.81. The Balaban J connectivity index is 1.85. The number of ether oxygens (including phenoxy) is 1. The zero-order valence-corrected chi connectivity index (χ0v) is 21.1. The number of hydrogen-bond donors (Lipinski definition) is 3. The number of aromatic nitrogens is 1. The number of nitrogens with one attached hydrogen (secondary N) is 1. The van der Waals surface area contributed by atoms with Crippen LogP contribution >= 0.6 is 11.5 Å². The van der Waals surface area contributed by atoms with E-state index in [-0.39, 0.29) is 22.3 Å². The number of nitrogen functional groups attached to an aromatic ring is 1. The minimum Gasteiger partial charge on any atom is -0.497 e. The van der Waals surface area contributed by atoms with Crippen LogP contribution < -0.4 is 26.4 Å². The third-order valence-corrected chi connectivity index (χ3v) is 7.20. The van der Waals surface area contributed by atoms with Crippen molar-refractivity contribution in [3.05, 3.63) is 70.5 Å². The standard InChI is InChI=1S/C26H28FN5O4S/c1-36-19-9-5-8-18(14-19)32(26(35)23-20(28)21(24(29)33)31-37-23)22(15-10-12-16(27)13-11-15)25(34)30-17-6-3-2-4-7-17/h5,8-14,17,22H,2-4,6-7,28H2,1H3,(H2,29,33)(H,30,34)/t22-/m1/s1. The summed E-state index contributed by atoms with van der Waals surface area (Å²) in [6.07, 6.45) is 4.77. The van der Waals surface area contributed by atoms with Gasteiger partial charge in [-0.2, -0.15) is 4.37 Å². The number of carbonyl (C=O) groups excluding carboxylic acids is 3. The molecule has 1 aliphatic rings. The monoisotopic (exact) mass is 525 g/mol. The molecular formula is C26H28FN5O4S. The Morgan fingerprint density at radius 1 is 1.14 bits per heavy atom. The lowest BCUT2D eigenvalue weighted by Gasteiger charge is -2.33. The van der Waals surface area contributed by atoms with E-state index in [4.69, 9.17) is 16.2 Å². The molecule has 3 aromatic rings. The van der Waals surface area contributed by atoms with Crippen LogP contribution in [0.3, 0.4) is 0 Å². The fraction of sp³-hybridized carbons (Fsp3) is 0.308. The highest BCUT2D eigenvalue weighted by Crippen LogP contribution is 2.35. The summed E-state index contributed by atoms with van der Waals surface area (Å²) in [5.74, 6) is -1.98. The lowest BCUT2D eigenvalue weighted by atomic mass is 9.94. The van der Waals surface area contributed by atoms with E-state index in [0.29, 0.717) is 17.0 Å². The van der Waals surface area contributed by atoms with E-state index >= 15 is 0 Å². The molecule has 2 aromatic carbocycles. The molecule has 0 aliphatic heterocycles. The van der Waals surface area contributed by atoms with Crippen LogP contribution in [0.4, 0.5) is 15.8 Å². The van der Waals surface area contributed by atoms with E-state index in [1.165, 1.54) is 36.3 Å². The maximum absolute atomic E-state index is 14.0. The quantitative estimate of drug-likeness (QED) is 0.408. The number of methoxy groups -OCH3 is 1. The Morgan fingerprint density at radius 2 is 1.84 bits per heavy atom. The van der Waals surface area contributed by atoms with Crippen molar-refractivity contribution in [3.8, 4) is 5.75 Å². The van der Waals surface area contributed by atoms with Gasteiger partial charge in [-0.3, -0.25) is 19.3 Å². The van der Waals surface area contributed by atoms with Crippen LogP contribution in [-0.2, 0) is 4.79 Å². The molecule has 1 aliphatic carbocycles. The Labute approximate surface area is 217 Å². The molecule has 0 saturated heterocycles. The number of halogens is 1. The van der Waals surface area contributed by atoms with Crippen molar-refractivity contribution >= 4 is 40.6 Å². The van der Waals surface area contributed by atoms with Crippen molar-refractivity contribution in [2.45, 2.75) is 44.2 Å². The molecule has 9 nitrogen and oxygen atoms in total. The van der Waals surface area contributed by atoms with Gasteiger partial charge in [0.15, 0.2) is 5.69 Å². The maximum atomic E-state index is 14.0. The van der Waals surface area contributed by atoms with E-state index < -0.39 is 29.6 Å². The van der Waals surface area contributed by atoms with Crippen LogP contribution in [0.2, 0.25) is 0 Å². The van der Waals surface area contributed by atoms with Crippen molar-refractivity contribution in [3.63, 3.8) is 0 Å². The molecule has 194 valence electrons. The first-order chi connectivity index (χ1) is 17.8. The van der Waals surface area contributed by atoms with Crippen molar-refractivity contribution < 1.29 is 23.5 Å².